The molecular weight excluding hydrogens is 182 g/mol. The van der Waals surface area contributed by atoms with Crippen LogP contribution in [0.2, 0.25) is 0 Å². The van der Waals surface area contributed by atoms with Crippen molar-refractivity contribution in [2.45, 2.75) is 32.6 Å². The Morgan fingerprint density at radius 2 is 2.36 bits per heavy atom. The second-order valence-corrected chi connectivity index (χ2v) is 3.58. The maximum atomic E-state index is 11.3. The predicted molar refractivity (Wildman–Crippen MR) is 51.6 cm³/mol. The molecule has 0 aromatic heterocycles. The summed E-state index contributed by atoms with van der Waals surface area (Å²) in [5, 5.41) is 2.61. The first-order valence-electron chi connectivity index (χ1n) is 5.17. The minimum atomic E-state index is -0.260. The van der Waals surface area contributed by atoms with E-state index in [4.69, 9.17) is 4.74 Å². The Morgan fingerprint density at radius 1 is 1.57 bits per heavy atom. The summed E-state index contributed by atoms with van der Waals surface area (Å²) in [7, 11) is 0. The fourth-order valence-corrected chi connectivity index (χ4v) is 1.41. The van der Waals surface area contributed by atoms with Gasteiger partial charge in [0.25, 0.3) is 0 Å². The van der Waals surface area contributed by atoms with Crippen molar-refractivity contribution in [2.75, 3.05) is 13.2 Å². The van der Waals surface area contributed by atoms with E-state index in [1.54, 1.807) is 0 Å². The van der Waals surface area contributed by atoms with E-state index in [1.165, 1.54) is 0 Å². The molecule has 1 amide bonds. The zero-order chi connectivity index (χ0) is 10.4. The summed E-state index contributed by atoms with van der Waals surface area (Å²) < 4.78 is 5.05. The van der Waals surface area contributed by atoms with Gasteiger partial charge in [-0.05, 0) is 6.42 Å². The molecule has 1 aliphatic heterocycles. The summed E-state index contributed by atoms with van der Waals surface area (Å²) in [5.74, 6) is -0.552. The minimum Gasteiger partial charge on any atom is -0.465 e. The summed E-state index contributed by atoms with van der Waals surface area (Å²) >= 11 is 0. The summed E-state index contributed by atoms with van der Waals surface area (Å²) in [6.45, 7) is 3.02. The van der Waals surface area contributed by atoms with Crippen LogP contribution in [0.3, 0.4) is 0 Å². The topological polar surface area (TPSA) is 55.4 Å². The van der Waals surface area contributed by atoms with E-state index >= 15 is 0 Å². The lowest BCUT2D eigenvalue weighted by Crippen LogP contribution is -2.20. The first-order chi connectivity index (χ1) is 6.74. The second kappa shape index (κ2) is 5.62. The number of ether oxygens (including phenoxy) is 1. The van der Waals surface area contributed by atoms with Gasteiger partial charge < -0.3 is 10.1 Å². The van der Waals surface area contributed by atoms with Gasteiger partial charge in [-0.1, -0.05) is 19.8 Å². The van der Waals surface area contributed by atoms with Crippen molar-refractivity contribution < 1.29 is 14.3 Å². The van der Waals surface area contributed by atoms with Gasteiger partial charge in [0.2, 0.25) is 5.91 Å². The van der Waals surface area contributed by atoms with Crippen LogP contribution >= 0.6 is 0 Å². The van der Waals surface area contributed by atoms with Crippen molar-refractivity contribution in [3.63, 3.8) is 0 Å². The number of esters is 1. The van der Waals surface area contributed by atoms with E-state index in [9.17, 15) is 9.59 Å². The standard InChI is InChI=1S/C10H17NO3/c1-2-3-4-5-14-10(13)8-6-9(12)11-7-8/h8H,2-7H2,1H3,(H,11,12). The molecule has 1 N–H and O–H groups in total. The second-order valence-electron chi connectivity index (χ2n) is 3.58. The Hall–Kier alpha value is -1.06. The van der Waals surface area contributed by atoms with Crippen LogP contribution in [0.25, 0.3) is 0 Å². The van der Waals surface area contributed by atoms with Crippen molar-refractivity contribution in [3.05, 3.63) is 0 Å². The number of unbranched alkanes of at least 4 members (excludes halogenated alkanes) is 2. The number of carbonyl (C=O) groups is 2. The lowest BCUT2D eigenvalue weighted by Gasteiger charge is -2.07. The molecular formula is C10H17NO3. The Balaban J connectivity index is 2.12. The average molecular weight is 199 g/mol. The third-order valence-electron chi connectivity index (χ3n) is 2.30. The molecule has 1 heterocycles. The zero-order valence-electron chi connectivity index (χ0n) is 8.54. The monoisotopic (exact) mass is 199 g/mol. The van der Waals surface area contributed by atoms with Crippen LogP contribution in [-0.4, -0.2) is 25.0 Å². The molecule has 0 spiro atoms. The third kappa shape index (κ3) is 3.36. The number of amides is 1. The van der Waals surface area contributed by atoms with Crippen LogP contribution in [0.4, 0.5) is 0 Å². The van der Waals surface area contributed by atoms with Gasteiger partial charge >= 0.3 is 5.97 Å². The van der Waals surface area contributed by atoms with Crippen molar-refractivity contribution in [1.82, 2.24) is 5.32 Å². The highest BCUT2D eigenvalue weighted by Gasteiger charge is 2.28. The number of carbonyl (C=O) groups excluding carboxylic acids is 2. The molecule has 1 fully saturated rings. The molecule has 80 valence electrons. The maximum absolute atomic E-state index is 11.3. The largest absolute Gasteiger partial charge is 0.465 e. The lowest BCUT2D eigenvalue weighted by atomic mass is 10.1. The summed E-state index contributed by atoms with van der Waals surface area (Å²) in [4.78, 5) is 22.2. The maximum Gasteiger partial charge on any atom is 0.311 e. The van der Waals surface area contributed by atoms with Crippen LogP contribution in [0, 0.1) is 5.92 Å². The molecule has 0 saturated carbocycles. The fraction of sp³-hybridized carbons (Fsp3) is 0.800. The van der Waals surface area contributed by atoms with Crippen molar-refractivity contribution in [1.29, 1.82) is 0 Å². The summed E-state index contributed by atoms with van der Waals surface area (Å²) in [5.41, 5.74) is 0. The molecule has 1 aliphatic rings. The van der Waals surface area contributed by atoms with E-state index in [0.717, 1.165) is 19.3 Å². The zero-order valence-corrected chi connectivity index (χ0v) is 8.54. The van der Waals surface area contributed by atoms with E-state index < -0.39 is 0 Å². The van der Waals surface area contributed by atoms with Gasteiger partial charge in [-0.2, -0.15) is 0 Å². The van der Waals surface area contributed by atoms with Crippen LogP contribution in [-0.2, 0) is 14.3 Å². The van der Waals surface area contributed by atoms with Gasteiger partial charge in [0, 0.05) is 13.0 Å². The molecule has 1 rings (SSSR count). The molecule has 1 saturated heterocycles. The molecule has 1 unspecified atom stereocenters. The van der Waals surface area contributed by atoms with Gasteiger partial charge in [-0.15, -0.1) is 0 Å². The third-order valence-corrected chi connectivity index (χ3v) is 2.30. The molecule has 0 radical (unpaired) electrons. The molecule has 0 bridgehead atoms. The van der Waals surface area contributed by atoms with Crippen LogP contribution in [0.1, 0.15) is 32.6 Å². The average Bonchev–Trinajstić information content (AvgIpc) is 2.59. The van der Waals surface area contributed by atoms with Gasteiger partial charge in [-0.3, -0.25) is 9.59 Å². The number of rotatable bonds is 5. The van der Waals surface area contributed by atoms with Crippen LogP contribution < -0.4 is 5.32 Å². The lowest BCUT2D eigenvalue weighted by molar-refractivity contribution is -0.148. The molecule has 14 heavy (non-hydrogen) atoms. The predicted octanol–water partition coefficient (Wildman–Crippen LogP) is 0.856. The first kappa shape index (κ1) is 11.0. The van der Waals surface area contributed by atoms with E-state index in [-0.39, 0.29) is 24.2 Å². The first-order valence-corrected chi connectivity index (χ1v) is 5.17. The summed E-state index contributed by atoms with van der Waals surface area (Å²) in [6, 6.07) is 0. The Morgan fingerprint density at radius 3 is 2.93 bits per heavy atom. The number of nitrogens with one attached hydrogen (secondary N) is 1. The van der Waals surface area contributed by atoms with Gasteiger partial charge in [0.05, 0.1) is 12.5 Å². The van der Waals surface area contributed by atoms with Crippen LogP contribution in [0.5, 0.6) is 0 Å². The Bertz CT molecular complexity index is 215. The molecule has 4 heteroatoms. The summed E-state index contributed by atoms with van der Waals surface area (Å²) in [6.07, 6.45) is 3.39. The Kier molecular flexibility index (Phi) is 4.43. The highest BCUT2D eigenvalue weighted by Crippen LogP contribution is 2.11. The van der Waals surface area contributed by atoms with E-state index in [2.05, 4.69) is 12.2 Å². The van der Waals surface area contributed by atoms with Gasteiger partial charge in [-0.25, -0.2) is 0 Å². The molecule has 0 aromatic rings. The highest BCUT2D eigenvalue weighted by molar-refractivity contribution is 5.86. The normalized spacial score (nSPS) is 20.6. The quantitative estimate of drug-likeness (QED) is 0.527. The molecule has 0 aromatic carbocycles. The molecule has 0 aliphatic carbocycles. The van der Waals surface area contributed by atoms with Crippen molar-refractivity contribution in [2.24, 2.45) is 5.92 Å². The van der Waals surface area contributed by atoms with Crippen LogP contribution in [0.15, 0.2) is 0 Å². The fourth-order valence-electron chi connectivity index (χ4n) is 1.41. The van der Waals surface area contributed by atoms with Gasteiger partial charge in [0.15, 0.2) is 0 Å². The van der Waals surface area contributed by atoms with Crippen molar-refractivity contribution >= 4 is 11.9 Å². The minimum absolute atomic E-state index is 0.0551. The number of hydrogen-bond donors (Lipinski definition) is 1. The SMILES string of the molecule is CCCCCOC(=O)C1CNC(=O)C1. The van der Waals surface area contributed by atoms with E-state index in [1.807, 2.05) is 0 Å². The smallest absolute Gasteiger partial charge is 0.311 e. The van der Waals surface area contributed by atoms with Crippen molar-refractivity contribution in [3.8, 4) is 0 Å². The number of hydrogen-bond acceptors (Lipinski definition) is 3. The van der Waals surface area contributed by atoms with Gasteiger partial charge in [0.1, 0.15) is 0 Å². The highest BCUT2D eigenvalue weighted by atomic mass is 16.5. The molecule has 1 atom stereocenters. The van der Waals surface area contributed by atoms with E-state index in [0.29, 0.717) is 13.2 Å². The Labute approximate surface area is 84.0 Å². The molecule has 4 nitrogen and oxygen atoms in total.